The zero-order valence-corrected chi connectivity index (χ0v) is 11.5. The van der Waals surface area contributed by atoms with Gasteiger partial charge >= 0.3 is 0 Å². The minimum atomic E-state index is -1.57. The highest BCUT2D eigenvalue weighted by Gasteiger charge is 2.15. The second-order valence-corrected chi connectivity index (χ2v) is 9.18. The maximum atomic E-state index is 8.68. The summed E-state index contributed by atoms with van der Waals surface area (Å²) in [5.41, 5.74) is 1.70. The molecule has 0 aromatic heterocycles. The van der Waals surface area contributed by atoms with E-state index in [0.717, 1.165) is 5.56 Å². The van der Waals surface area contributed by atoms with E-state index >= 15 is 0 Å². The number of hydrogen-bond acceptors (Lipinski definition) is 2. The van der Waals surface area contributed by atoms with Crippen LogP contribution in [0, 0.1) is 11.3 Å². The fourth-order valence-corrected chi connectivity index (χ4v) is 2.14. The molecule has 0 N–H and O–H groups in total. The van der Waals surface area contributed by atoms with E-state index in [0.29, 0.717) is 11.3 Å². The van der Waals surface area contributed by atoms with E-state index < -0.39 is 8.32 Å². The Morgan fingerprint density at radius 3 is 2.35 bits per heavy atom. The molecule has 17 heavy (non-hydrogen) atoms. The molecule has 0 radical (unpaired) electrons. The van der Waals surface area contributed by atoms with Crippen molar-refractivity contribution in [2.75, 3.05) is 0 Å². The summed E-state index contributed by atoms with van der Waals surface area (Å²) in [5.74, 6) is 0.688. The molecule has 0 spiro atoms. The fourth-order valence-electron chi connectivity index (χ4n) is 1.29. The van der Waals surface area contributed by atoms with Crippen molar-refractivity contribution in [1.29, 1.82) is 5.26 Å². The molecule has 3 heteroatoms. The molecular formula is C14H17NOSi. The lowest BCUT2D eigenvalue weighted by Crippen LogP contribution is -2.23. The summed E-state index contributed by atoms with van der Waals surface area (Å²) in [6.45, 7) is 10.2. The molecule has 2 nitrogen and oxygen atoms in total. The largest absolute Gasteiger partial charge is 0.545 e. The Balaban J connectivity index is 2.65. The van der Waals surface area contributed by atoms with Crippen molar-refractivity contribution in [3.8, 4) is 6.07 Å². The molecule has 0 unspecified atom stereocenters. The maximum Gasteiger partial charge on any atom is 0.242 e. The van der Waals surface area contributed by atoms with Crippen LogP contribution in [0.2, 0.25) is 19.6 Å². The van der Waals surface area contributed by atoms with Crippen molar-refractivity contribution < 1.29 is 4.43 Å². The fraction of sp³-hybridized carbons (Fsp3) is 0.214. The van der Waals surface area contributed by atoms with Gasteiger partial charge in [0.05, 0.1) is 17.4 Å². The highest BCUT2D eigenvalue weighted by Crippen LogP contribution is 2.12. The molecule has 0 heterocycles. The van der Waals surface area contributed by atoms with Crippen LogP contribution in [0.25, 0.3) is 6.08 Å². The topological polar surface area (TPSA) is 33.0 Å². The van der Waals surface area contributed by atoms with Gasteiger partial charge in [-0.2, -0.15) is 5.26 Å². The first-order chi connectivity index (χ1) is 7.90. The van der Waals surface area contributed by atoms with E-state index in [1.807, 2.05) is 24.3 Å². The van der Waals surface area contributed by atoms with Crippen LogP contribution in [0.15, 0.2) is 42.7 Å². The zero-order valence-electron chi connectivity index (χ0n) is 10.5. The predicted molar refractivity (Wildman–Crippen MR) is 73.8 cm³/mol. The Morgan fingerprint density at radius 1 is 1.29 bits per heavy atom. The third kappa shape index (κ3) is 5.18. The van der Waals surface area contributed by atoms with E-state index in [1.165, 1.54) is 0 Å². The normalized spacial score (nSPS) is 11.2. The summed E-state index contributed by atoms with van der Waals surface area (Å²) in [5, 5.41) is 8.68. The van der Waals surface area contributed by atoms with Crippen LogP contribution in [0.3, 0.4) is 0 Å². The number of nitriles is 1. The van der Waals surface area contributed by atoms with Crippen molar-refractivity contribution in [2.45, 2.75) is 19.6 Å². The van der Waals surface area contributed by atoms with Gasteiger partial charge in [0.25, 0.3) is 0 Å². The first-order valence-corrected chi connectivity index (χ1v) is 8.88. The predicted octanol–water partition coefficient (Wildman–Crippen LogP) is 3.94. The number of hydrogen-bond donors (Lipinski definition) is 0. The third-order valence-electron chi connectivity index (χ3n) is 1.94. The summed E-state index contributed by atoms with van der Waals surface area (Å²) < 4.78 is 5.71. The Hall–Kier alpha value is -1.79. The molecule has 0 aliphatic carbocycles. The van der Waals surface area contributed by atoms with Crippen LogP contribution < -0.4 is 0 Å². The van der Waals surface area contributed by atoms with Crippen LogP contribution >= 0.6 is 0 Å². The van der Waals surface area contributed by atoms with Crippen molar-refractivity contribution in [1.82, 2.24) is 0 Å². The second-order valence-electron chi connectivity index (χ2n) is 4.75. The summed E-state index contributed by atoms with van der Waals surface area (Å²) >= 11 is 0. The van der Waals surface area contributed by atoms with E-state index in [4.69, 9.17) is 9.69 Å². The van der Waals surface area contributed by atoms with E-state index in [9.17, 15) is 0 Å². The van der Waals surface area contributed by atoms with E-state index in [1.54, 1.807) is 12.1 Å². The number of benzene rings is 1. The van der Waals surface area contributed by atoms with Crippen molar-refractivity contribution >= 4 is 14.4 Å². The molecule has 1 aromatic carbocycles. The lowest BCUT2D eigenvalue weighted by Gasteiger charge is -2.18. The molecule has 1 rings (SSSR count). The van der Waals surface area contributed by atoms with Crippen LogP contribution in [0.5, 0.6) is 0 Å². The van der Waals surface area contributed by atoms with Gasteiger partial charge in [0.1, 0.15) is 0 Å². The molecule has 1 aromatic rings. The Kier molecular flexibility index (Phi) is 4.30. The molecular weight excluding hydrogens is 226 g/mol. The quantitative estimate of drug-likeness (QED) is 0.456. The maximum absolute atomic E-state index is 8.68. The molecule has 0 saturated carbocycles. The number of allylic oxidation sites excluding steroid dienone is 1. The van der Waals surface area contributed by atoms with E-state index in [-0.39, 0.29) is 0 Å². The van der Waals surface area contributed by atoms with Crippen molar-refractivity contribution in [3.05, 3.63) is 53.8 Å². The Morgan fingerprint density at radius 2 is 1.88 bits per heavy atom. The lowest BCUT2D eigenvalue weighted by molar-refractivity contribution is 0.445. The van der Waals surface area contributed by atoms with E-state index in [2.05, 4.69) is 32.3 Å². The molecule has 0 fully saturated rings. The molecule has 0 atom stereocenters. The van der Waals surface area contributed by atoms with Crippen molar-refractivity contribution in [3.63, 3.8) is 0 Å². The number of rotatable bonds is 4. The lowest BCUT2D eigenvalue weighted by atomic mass is 10.1. The first kappa shape index (κ1) is 13.3. The summed E-state index contributed by atoms with van der Waals surface area (Å²) in [6, 6.07) is 9.48. The first-order valence-electron chi connectivity index (χ1n) is 5.47. The van der Waals surface area contributed by atoms with Crippen LogP contribution in [0.1, 0.15) is 11.1 Å². The molecule has 0 saturated heterocycles. The van der Waals surface area contributed by atoms with Gasteiger partial charge in [-0.3, -0.25) is 0 Å². The minimum Gasteiger partial charge on any atom is -0.545 e. The van der Waals surface area contributed by atoms with Gasteiger partial charge in [0.15, 0.2) is 0 Å². The molecule has 0 aliphatic rings. The van der Waals surface area contributed by atoms with Gasteiger partial charge in [-0.05, 0) is 43.4 Å². The molecule has 0 aliphatic heterocycles. The van der Waals surface area contributed by atoms with Crippen LogP contribution in [-0.4, -0.2) is 8.32 Å². The molecule has 0 amide bonds. The summed E-state index contributed by atoms with van der Waals surface area (Å²) in [7, 11) is -1.57. The van der Waals surface area contributed by atoms with Gasteiger partial charge in [-0.1, -0.05) is 24.8 Å². The average Bonchev–Trinajstić information content (AvgIpc) is 2.25. The standard InChI is InChI=1S/C14H17NOSi/c1-12(16-17(2,3)4)5-6-13-7-9-14(11-15)10-8-13/h5-10H,1H2,2-4H3/b6-5+. The smallest absolute Gasteiger partial charge is 0.242 e. The minimum absolute atomic E-state index is 0.666. The summed E-state index contributed by atoms with van der Waals surface area (Å²) in [4.78, 5) is 0. The average molecular weight is 243 g/mol. The SMILES string of the molecule is C=C(/C=C/c1ccc(C#N)cc1)O[Si](C)(C)C. The highest BCUT2D eigenvalue weighted by atomic mass is 28.4. The highest BCUT2D eigenvalue weighted by molar-refractivity contribution is 6.70. The monoisotopic (exact) mass is 243 g/mol. The zero-order chi connectivity index (χ0) is 12.9. The summed E-state index contributed by atoms with van der Waals surface area (Å²) in [6.07, 6.45) is 3.79. The molecule has 0 bridgehead atoms. The van der Waals surface area contributed by atoms with Crippen molar-refractivity contribution in [2.24, 2.45) is 0 Å². The second kappa shape index (κ2) is 5.51. The third-order valence-corrected chi connectivity index (χ3v) is 2.81. The number of nitrogens with zero attached hydrogens (tertiary/aromatic N) is 1. The Labute approximate surface area is 104 Å². The van der Waals surface area contributed by atoms with Gasteiger partial charge in [-0.25, -0.2) is 0 Å². The van der Waals surface area contributed by atoms with Crippen LogP contribution in [-0.2, 0) is 4.43 Å². The van der Waals surface area contributed by atoms with Gasteiger partial charge in [0.2, 0.25) is 8.32 Å². The van der Waals surface area contributed by atoms with Crippen LogP contribution in [0.4, 0.5) is 0 Å². The van der Waals surface area contributed by atoms with Gasteiger partial charge in [0, 0.05) is 0 Å². The van der Waals surface area contributed by atoms with Gasteiger partial charge < -0.3 is 4.43 Å². The molecule has 88 valence electrons. The van der Waals surface area contributed by atoms with Gasteiger partial charge in [-0.15, -0.1) is 0 Å². The Bertz CT molecular complexity index is 460.